The van der Waals surface area contributed by atoms with Gasteiger partial charge in [0.1, 0.15) is 0 Å². The first-order valence-corrected chi connectivity index (χ1v) is 6.91. The first-order chi connectivity index (χ1) is 8.88. The van der Waals surface area contributed by atoms with E-state index in [-0.39, 0.29) is 0 Å². The molecule has 3 nitrogen and oxygen atoms in total. The van der Waals surface area contributed by atoms with Crippen LogP contribution in [-0.2, 0) is 17.9 Å². The molecule has 3 heteroatoms. The summed E-state index contributed by atoms with van der Waals surface area (Å²) >= 11 is 0. The van der Waals surface area contributed by atoms with Crippen molar-refractivity contribution in [1.29, 1.82) is 0 Å². The van der Waals surface area contributed by atoms with Gasteiger partial charge >= 0.3 is 0 Å². The van der Waals surface area contributed by atoms with Gasteiger partial charge in [-0.3, -0.25) is 0 Å². The molecule has 0 aromatic heterocycles. The van der Waals surface area contributed by atoms with Gasteiger partial charge in [0.2, 0.25) is 0 Å². The molecular formula is C15H24N2O. The van der Waals surface area contributed by atoms with E-state index in [0.717, 1.165) is 26.3 Å². The maximum atomic E-state index is 5.75. The van der Waals surface area contributed by atoms with Crippen molar-refractivity contribution >= 4 is 0 Å². The summed E-state index contributed by atoms with van der Waals surface area (Å²) in [7, 11) is 1.97. The van der Waals surface area contributed by atoms with Crippen molar-refractivity contribution in [3.8, 4) is 0 Å². The van der Waals surface area contributed by atoms with Gasteiger partial charge in [-0.2, -0.15) is 0 Å². The number of hydrogen-bond acceptors (Lipinski definition) is 3. The molecule has 1 saturated heterocycles. The Morgan fingerprint density at radius 1 is 1.22 bits per heavy atom. The van der Waals surface area contributed by atoms with Crippen molar-refractivity contribution in [3.05, 3.63) is 35.4 Å². The summed E-state index contributed by atoms with van der Waals surface area (Å²) in [5.74, 6) is 0. The molecule has 1 aliphatic heterocycles. The van der Waals surface area contributed by atoms with Crippen molar-refractivity contribution in [3.63, 3.8) is 0 Å². The summed E-state index contributed by atoms with van der Waals surface area (Å²) in [4.78, 5) is 2.48. The summed E-state index contributed by atoms with van der Waals surface area (Å²) in [5, 5.41) is 3.17. The summed E-state index contributed by atoms with van der Waals surface area (Å²) < 4.78 is 5.75. The van der Waals surface area contributed by atoms with E-state index in [2.05, 4.69) is 34.5 Å². The molecule has 0 aliphatic carbocycles. The lowest BCUT2D eigenvalue weighted by atomic mass is 10.1. The van der Waals surface area contributed by atoms with Crippen molar-refractivity contribution < 1.29 is 4.74 Å². The average Bonchev–Trinajstić information content (AvgIpc) is 2.89. The first kappa shape index (κ1) is 13.5. The molecule has 18 heavy (non-hydrogen) atoms. The molecular weight excluding hydrogens is 224 g/mol. The maximum Gasteiger partial charge on any atom is 0.0717 e. The van der Waals surface area contributed by atoms with Gasteiger partial charge in [-0.15, -0.1) is 0 Å². The summed E-state index contributed by atoms with van der Waals surface area (Å²) in [6.45, 7) is 6.07. The van der Waals surface area contributed by atoms with E-state index < -0.39 is 0 Å². The van der Waals surface area contributed by atoms with E-state index in [4.69, 9.17) is 4.74 Å². The lowest BCUT2D eigenvalue weighted by Crippen LogP contribution is -2.23. The zero-order valence-electron chi connectivity index (χ0n) is 11.3. The van der Waals surface area contributed by atoms with E-state index in [9.17, 15) is 0 Å². The smallest absolute Gasteiger partial charge is 0.0717 e. The van der Waals surface area contributed by atoms with Crippen LogP contribution in [0.2, 0.25) is 0 Å². The van der Waals surface area contributed by atoms with Crippen LogP contribution >= 0.6 is 0 Å². The highest BCUT2D eigenvalue weighted by Crippen LogP contribution is 2.08. The van der Waals surface area contributed by atoms with E-state index >= 15 is 0 Å². The zero-order chi connectivity index (χ0) is 12.6. The van der Waals surface area contributed by atoms with E-state index in [1.807, 2.05) is 7.05 Å². The summed E-state index contributed by atoms with van der Waals surface area (Å²) in [5.41, 5.74) is 2.59. The molecule has 0 unspecified atom stereocenters. The molecule has 1 aliphatic rings. The van der Waals surface area contributed by atoms with Crippen molar-refractivity contribution in [1.82, 2.24) is 10.2 Å². The SMILES string of the molecule is CNCc1cccc(COCCN2CCCC2)c1. The lowest BCUT2D eigenvalue weighted by Gasteiger charge is -2.14. The number of hydrogen-bond donors (Lipinski definition) is 1. The number of nitrogens with zero attached hydrogens (tertiary/aromatic N) is 1. The highest BCUT2D eigenvalue weighted by atomic mass is 16.5. The van der Waals surface area contributed by atoms with Gasteiger partial charge in [-0.05, 0) is 44.1 Å². The van der Waals surface area contributed by atoms with Gasteiger partial charge in [0.15, 0.2) is 0 Å². The molecule has 1 fully saturated rings. The van der Waals surface area contributed by atoms with Crippen molar-refractivity contribution in [2.24, 2.45) is 0 Å². The summed E-state index contributed by atoms with van der Waals surface area (Å²) in [6, 6.07) is 8.59. The molecule has 100 valence electrons. The number of likely N-dealkylation sites (tertiary alicyclic amines) is 1. The Morgan fingerprint density at radius 3 is 2.78 bits per heavy atom. The maximum absolute atomic E-state index is 5.75. The molecule has 0 bridgehead atoms. The fourth-order valence-corrected chi connectivity index (χ4v) is 2.42. The van der Waals surface area contributed by atoms with Crippen LogP contribution in [0.25, 0.3) is 0 Å². The lowest BCUT2D eigenvalue weighted by molar-refractivity contribution is 0.0992. The Balaban J connectivity index is 1.67. The van der Waals surface area contributed by atoms with E-state index in [1.54, 1.807) is 0 Å². The fraction of sp³-hybridized carbons (Fsp3) is 0.600. The van der Waals surface area contributed by atoms with Crippen LogP contribution < -0.4 is 5.32 Å². The van der Waals surface area contributed by atoms with Gasteiger partial charge in [0.25, 0.3) is 0 Å². The molecule has 0 atom stereocenters. The minimum atomic E-state index is 0.728. The van der Waals surface area contributed by atoms with Gasteiger partial charge in [-0.1, -0.05) is 24.3 Å². The molecule has 1 aromatic carbocycles. The second-order valence-electron chi connectivity index (χ2n) is 4.95. The second-order valence-corrected chi connectivity index (χ2v) is 4.95. The van der Waals surface area contributed by atoms with Gasteiger partial charge < -0.3 is 15.0 Å². The monoisotopic (exact) mass is 248 g/mol. The second kappa shape index (κ2) is 7.52. The quantitative estimate of drug-likeness (QED) is 0.747. The molecule has 0 saturated carbocycles. The Kier molecular flexibility index (Phi) is 5.65. The van der Waals surface area contributed by atoms with E-state index in [0.29, 0.717) is 0 Å². The molecule has 1 N–H and O–H groups in total. The minimum Gasteiger partial charge on any atom is -0.375 e. The number of nitrogens with one attached hydrogen (secondary N) is 1. The van der Waals surface area contributed by atoms with Crippen LogP contribution in [0, 0.1) is 0 Å². The van der Waals surface area contributed by atoms with Crippen LogP contribution in [0.15, 0.2) is 24.3 Å². The molecule has 0 amide bonds. The molecule has 2 rings (SSSR count). The Morgan fingerprint density at radius 2 is 2.00 bits per heavy atom. The van der Waals surface area contributed by atoms with E-state index in [1.165, 1.54) is 37.1 Å². The first-order valence-electron chi connectivity index (χ1n) is 6.91. The number of benzene rings is 1. The number of ether oxygens (including phenoxy) is 1. The Hall–Kier alpha value is -0.900. The number of rotatable bonds is 7. The van der Waals surface area contributed by atoms with Gasteiger partial charge in [-0.25, -0.2) is 0 Å². The molecule has 1 heterocycles. The molecule has 0 spiro atoms. The third kappa shape index (κ3) is 4.41. The standard InChI is InChI=1S/C15H24N2O/c1-16-12-14-5-4-6-15(11-14)13-18-10-9-17-7-2-3-8-17/h4-6,11,16H,2-3,7-10,12-13H2,1H3. The van der Waals surface area contributed by atoms with Crippen LogP contribution in [-0.4, -0.2) is 38.2 Å². The van der Waals surface area contributed by atoms with Crippen LogP contribution in [0.1, 0.15) is 24.0 Å². The third-order valence-electron chi connectivity index (χ3n) is 3.39. The van der Waals surface area contributed by atoms with Crippen LogP contribution in [0.4, 0.5) is 0 Å². The van der Waals surface area contributed by atoms with Crippen molar-refractivity contribution in [2.45, 2.75) is 26.0 Å². The van der Waals surface area contributed by atoms with Crippen LogP contribution in [0.5, 0.6) is 0 Å². The van der Waals surface area contributed by atoms with Gasteiger partial charge in [0.05, 0.1) is 13.2 Å². The Labute approximate surface area is 110 Å². The third-order valence-corrected chi connectivity index (χ3v) is 3.39. The highest BCUT2D eigenvalue weighted by Gasteiger charge is 2.10. The van der Waals surface area contributed by atoms with Gasteiger partial charge in [0, 0.05) is 13.1 Å². The summed E-state index contributed by atoms with van der Waals surface area (Å²) in [6.07, 6.45) is 2.71. The van der Waals surface area contributed by atoms with Crippen LogP contribution in [0.3, 0.4) is 0 Å². The minimum absolute atomic E-state index is 0.728. The highest BCUT2D eigenvalue weighted by molar-refractivity contribution is 5.22. The molecule has 0 radical (unpaired) electrons. The largest absolute Gasteiger partial charge is 0.375 e. The Bertz CT molecular complexity index is 348. The zero-order valence-corrected chi connectivity index (χ0v) is 11.3. The predicted octanol–water partition coefficient (Wildman–Crippen LogP) is 2.02. The predicted molar refractivity (Wildman–Crippen MR) is 74.5 cm³/mol. The topological polar surface area (TPSA) is 24.5 Å². The normalized spacial score (nSPS) is 16.3. The average molecular weight is 248 g/mol. The fourth-order valence-electron chi connectivity index (χ4n) is 2.42. The van der Waals surface area contributed by atoms with Crippen molar-refractivity contribution in [2.75, 3.05) is 33.3 Å². The molecule has 1 aromatic rings.